The number of benzene rings is 1. The fraction of sp³-hybridized carbons (Fsp3) is 0.450. The Morgan fingerprint density at radius 1 is 1.20 bits per heavy atom. The zero-order chi connectivity index (χ0) is 21.9. The third-order valence-electron chi connectivity index (χ3n) is 4.98. The number of halogens is 3. The molecule has 1 aliphatic rings. The molecule has 1 aliphatic heterocycles. The van der Waals surface area contributed by atoms with Gasteiger partial charge in [-0.1, -0.05) is 6.92 Å². The molecule has 3 rings (SSSR count). The van der Waals surface area contributed by atoms with E-state index in [0.717, 1.165) is 37.1 Å². The Morgan fingerprint density at radius 3 is 2.43 bits per heavy atom. The van der Waals surface area contributed by atoms with Crippen LogP contribution in [0.5, 0.6) is 0 Å². The average Bonchev–Trinajstić information content (AvgIpc) is 3.07. The minimum absolute atomic E-state index is 0.0718. The number of carbonyl (C=O) groups is 2. The van der Waals surface area contributed by atoms with Gasteiger partial charge in [-0.25, -0.2) is 9.78 Å². The second kappa shape index (κ2) is 8.76. The molecule has 2 heterocycles. The first-order valence-electron chi connectivity index (χ1n) is 9.61. The van der Waals surface area contributed by atoms with Crippen LogP contribution in [0.1, 0.15) is 47.5 Å². The molecule has 2 N–H and O–H groups in total. The highest BCUT2D eigenvalue weighted by atomic mass is 19.4. The highest BCUT2D eigenvalue weighted by Gasteiger charge is 2.30. The standard InChI is InChI=1S/C20H23F3N4O3/c1-12-7-9-27(10-8-12)18(28)17-13(2)30-16(26-17)11-24-19(29)25-15-5-3-14(4-6-15)20(21,22)23/h3-6,12H,7-11H2,1-2H3,(H2,24,25,29). The van der Waals surface area contributed by atoms with Gasteiger partial charge in [-0.15, -0.1) is 0 Å². The SMILES string of the molecule is Cc1oc(CNC(=O)Nc2ccc(C(F)(F)F)cc2)nc1C(=O)N1CCC(C)CC1. The molecule has 10 heteroatoms. The van der Waals surface area contributed by atoms with E-state index < -0.39 is 17.8 Å². The molecule has 3 amide bonds. The van der Waals surface area contributed by atoms with Gasteiger partial charge in [-0.2, -0.15) is 13.2 Å². The van der Waals surface area contributed by atoms with Crippen molar-refractivity contribution in [3.8, 4) is 0 Å². The van der Waals surface area contributed by atoms with Crippen LogP contribution in [0.15, 0.2) is 28.7 Å². The molecule has 1 aromatic heterocycles. The van der Waals surface area contributed by atoms with Crippen LogP contribution in [-0.4, -0.2) is 34.9 Å². The molecule has 0 spiro atoms. The smallest absolute Gasteiger partial charge is 0.416 e. The van der Waals surface area contributed by atoms with Gasteiger partial charge in [-0.3, -0.25) is 4.79 Å². The third-order valence-corrected chi connectivity index (χ3v) is 4.98. The Hall–Kier alpha value is -3.04. The van der Waals surface area contributed by atoms with E-state index >= 15 is 0 Å². The van der Waals surface area contributed by atoms with E-state index in [2.05, 4.69) is 22.5 Å². The van der Waals surface area contributed by atoms with Gasteiger partial charge in [-0.05, 0) is 49.9 Å². The van der Waals surface area contributed by atoms with Crippen LogP contribution in [0.3, 0.4) is 0 Å². The minimum atomic E-state index is -4.44. The zero-order valence-electron chi connectivity index (χ0n) is 16.7. The summed E-state index contributed by atoms with van der Waals surface area (Å²) < 4.78 is 43.2. The molecular weight excluding hydrogens is 401 g/mol. The van der Waals surface area contributed by atoms with Gasteiger partial charge in [0.1, 0.15) is 5.76 Å². The van der Waals surface area contributed by atoms with Crippen molar-refractivity contribution in [2.24, 2.45) is 5.92 Å². The number of anilines is 1. The first-order valence-corrected chi connectivity index (χ1v) is 9.61. The number of oxazole rings is 1. The topological polar surface area (TPSA) is 87.5 Å². The Bertz CT molecular complexity index is 901. The number of urea groups is 1. The predicted molar refractivity (Wildman–Crippen MR) is 103 cm³/mol. The lowest BCUT2D eigenvalue weighted by Crippen LogP contribution is -2.38. The summed E-state index contributed by atoms with van der Waals surface area (Å²) in [5, 5.41) is 4.93. The van der Waals surface area contributed by atoms with Crippen LogP contribution in [0.25, 0.3) is 0 Å². The van der Waals surface area contributed by atoms with Gasteiger partial charge in [0.05, 0.1) is 12.1 Å². The number of hydrogen-bond donors (Lipinski definition) is 2. The molecule has 2 aromatic rings. The van der Waals surface area contributed by atoms with Crippen molar-refractivity contribution in [3.63, 3.8) is 0 Å². The number of amides is 3. The summed E-state index contributed by atoms with van der Waals surface area (Å²) in [6.45, 7) is 5.07. The van der Waals surface area contributed by atoms with Crippen molar-refractivity contribution < 1.29 is 27.2 Å². The number of nitrogens with zero attached hydrogens (tertiary/aromatic N) is 2. The van der Waals surface area contributed by atoms with Gasteiger partial charge in [0, 0.05) is 18.8 Å². The lowest BCUT2D eigenvalue weighted by Gasteiger charge is -2.29. The molecule has 0 radical (unpaired) electrons. The fourth-order valence-corrected chi connectivity index (χ4v) is 3.16. The Morgan fingerprint density at radius 2 is 1.83 bits per heavy atom. The molecule has 1 aromatic carbocycles. The number of hydrogen-bond acceptors (Lipinski definition) is 4. The van der Waals surface area contributed by atoms with Crippen molar-refractivity contribution in [1.82, 2.24) is 15.2 Å². The number of aryl methyl sites for hydroxylation is 1. The van der Waals surface area contributed by atoms with Crippen LogP contribution in [0.4, 0.5) is 23.7 Å². The van der Waals surface area contributed by atoms with Crippen LogP contribution in [0, 0.1) is 12.8 Å². The molecule has 1 saturated heterocycles. The fourth-order valence-electron chi connectivity index (χ4n) is 3.16. The molecular formula is C20H23F3N4O3. The number of likely N-dealkylation sites (tertiary alicyclic amines) is 1. The maximum absolute atomic E-state index is 12.6. The van der Waals surface area contributed by atoms with Crippen LogP contribution in [-0.2, 0) is 12.7 Å². The molecule has 0 atom stereocenters. The van der Waals surface area contributed by atoms with E-state index in [4.69, 9.17) is 4.42 Å². The summed E-state index contributed by atoms with van der Waals surface area (Å²) in [4.78, 5) is 30.6. The van der Waals surface area contributed by atoms with Gasteiger partial charge < -0.3 is 20.0 Å². The molecule has 7 nitrogen and oxygen atoms in total. The highest BCUT2D eigenvalue weighted by molar-refractivity contribution is 5.93. The van der Waals surface area contributed by atoms with Crippen molar-refractivity contribution in [1.29, 1.82) is 0 Å². The van der Waals surface area contributed by atoms with Crippen molar-refractivity contribution in [2.45, 2.75) is 39.4 Å². The number of carbonyl (C=O) groups excluding carboxylic acids is 2. The van der Waals surface area contributed by atoms with E-state index in [1.54, 1.807) is 11.8 Å². The maximum atomic E-state index is 12.6. The number of nitrogens with one attached hydrogen (secondary N) is 2. The summed E-state index contributed by atoms with van der Waals surface area (Å²) in [6.07, 6.45) is -2.55. The highest BCUT2D eigenvalue weighted by Crippen LogP contribution is 2.29. The number of rotatable bonds is 4. The molecule has 1 fully saturated rings. The Labute approximate surface area is 171 Å². The van der Waals surface area contributed by atoms with E-state index in [1.807, 2.05) is 0 Å². The zero-order valence-corrected chi connectivity index (χ0v) is 16.7. The van der Waals surface area contributed by atoms with Crippen LogP contribution < -0.4 is 10.6 Å². The quantitative estimate of drug-likeness (QED) is 0.770. The van der Waals surface area contributed by atoms with E-state index in [0.29, 0.717) is 24.8 Å². The largest absolute Gasteiger partial charge is 0.443 e. The Kier molecular flexibility index (Phi) is 6.33. The van der Waals surface area contributed by atoms with E-state index in [-0.39, 0.29) is 29.7 Å². The molecule has 162 valence electrons. The van der Waals surface area contributed by atoms with Crippen molar-refractivity contribution in [2.75, 3.05) is 18.4 Å². The number of alkyl halides is 3. The molecule has 0 aliphatic carbocycles. The lowest BCUT2D eigenvalue weighted by atomic mass is 9.99. The van der Waals surface area contributed by atoms with Crippen molar-refractivity contribution in [3.05, 3.63) is 47.2 Å². The number of aromatic nitrogens is 1. The van der Waals surface area contributed by atoms with Gasteiger partial charge in [0.25, 0.3) is 5.91 Å². The van der Waals surface area contributed by atoms with Gasteiger partial charge >= 0.3 is 12.2 Å². The van der Waals surface area contributed by atoms with Gasteiger partial charge in [0.2, 0.25) is 5.89 Å². The molecule has 0 unspecified atom stereocenters. The summed E-state index contributed by atoms with van der Waals surface area (Å²) in [7, 11) is 0. The average molecular weight is 424 g/mol. The second-order valence-electron chi connectivity index (χ2n) is 7.37. The normalized spacial score (nSPS) is 15.2. The maximum Gasteiger partial charge on any atom is 0.416 e. The molecule has 0 saturated carbocycles. The summed E-state index contributed by atoms with van der Waals surface area (Å²) in [6, 6.07) is 3.45. The van der Waals surface area contributed by atoms with Crippen LogP contribution >= 0.6 is 0 Å². The second-order valence-corrected chi connectivity index (χ2v) is 7.37. The third kappa shape index (κ3) is 5.31. The predicted octanol–water partition coefficient (Wildman–Crippen LogP) is 4.20. The first kappa shape index (κ1) is 21.7. The first-order chi connectivity index (χ1) is 14.1. The monoisotopic (exact) mass is 424 g/mol. The molecule has 0 bridgehead atoms. The Balaban J connectivity index is 1.54. The lowest BCUT2D eigenvalue weighted by molar-refractivity contribution is -0.137. The van der Waals surface area contributed by atoms with Crippen molar-refractivity contribution >= 4 is 17.6 Å². The summed E-state index contributed by atoms with van der Waals surface area (Å²) in [5.74, 6) is 0.946. The van der Waals surface area contributed by atoms with E-state index in [1.165, 1.54) is 0 Å². The number of piperidine rings is 1. The van der Waals surface area contributed by atoms with Crippen LogP contribution in [0.2, 0.25) is 0 Å². The molecule has 30 heavy (non-hydrogen) atoms. The van der Waals surface area contributed by atoms with Gasteiger partial charge in [0.15, 0.2) is 5.69 Å². The summed E-state index contributed by atoms with van der Waals surface area (Å²) >= 11 is 0. The minimum Gasteiger partial charge on any atom is -0.443 e. The van der Waals surface area contributed by atoms with E-state index in [9.17, 15) is 22.8 Å². The summed E-state index contributed by atoms with van der Waals surface area (Å²) in [5.41, 5.74) is -0.368.